The number of rotatable bonds is 2. The van der Waals surface area contributed by atoms with E-state index in [1.165, 1.54) is 11.1 Å². The first-order chi connectivity index (χ1) is 7.85. The minimum atomic E-state index is -2.16. The molecule has 2 unspecified atom stereocenters. The average molecular weight is 308 g/mol. The van der Waals surface area contributed by atoms with E-state index in [2.05, 4.69) is 61.3 Å². The van der Waals surface area contributed by atoms with E-state index >= 15 is 0 Å². The van der Waals surface area contributed by atoms with Crippen LogP contribution in [0.15, 0.2) is 46.6 Å². The summed E-state index contributed by atoms with van der Waals surface area (Å²) in [5.41, 5.74) is 6.27. The molecule has 0 aromatic carbocycles. The van der Waals surface area contributed by atoms with Crippen LogP contribution in [0.5, 0.6) is 0 Å². The van der Waals surface area contributed by atoms with Crippen molar-refractivity contribution in [3.63, 3.8) is 0 Å². The molecule has 0 aromatic heterocycles. The van der Waals surface area contributed by atoms with Crippen LogP contribution >= 0.6 is 0 Å². The normalized spacial score (nSPS) is 28.8. The summed E-state index contributed by atoms with van der Waals surface area (Å²) in [5, 5.41) is 0. The molecule has 1 heteroatoms. The molecule has 0 heterocycles. The summed E-state index contributed by atoms with van der Waals surface area (Å²) >= 11 is -2.16. The van der Waals surface area contributed by atoms with Gasteiger partial charge in [0.25, 0.3) is 0 Å². The Morgan fingerprint density at radius 2 is 1.12 bits per heavy atom. The SMILES string of the molecule is CC1=C(C)[CH]([Zr]([CH3])([CH3])[CH]2C=CC(C)=C2C)C=C1. The monoisotopic (exact) mass is 306 g/mol. The standard InChI is InChI=1S/2C7H9.2CH3.Zr/c2*1-6-4-3-5-7(6)2;;;/h2*3-5H,1-2H3;2*1H3;. The zero-order valence-electron chi connectivity index (χ0n) is 12.0. The molecule has 2 aliphatic rings. The number of hydrogen-bond acceptors (Lipinski definition) is 0. The quantitative estimate of drug-likeness (QED) is 0.620. The Labute approximate surface area is 111 Å². The molecule has 0 amide bonds. The Hall–Kier alpha value is -0.157. The van der Waals surface area contributed by atoms with Crippen LogP contribution in [0.25, 0.3) is 0 Å². The molecular formula is C16H24Zr. The van der Waals surface area contributed by atoms with E-state index in [0.29, 0.717) is 0 Å². The van der Waals surface area contributed by atoms with Crippen molar-refractivity contribution in [2.45, 2.75) is 44.2 Å². The van der Waals surface area contributed by atoms with Crippen molar-refractivity contribution < 1.29 is 20.3 Å². The zero-order valence-corrected chi connectivity index (χ0v) is 14.4. The van der Waals surface area contributed by atoms with Crippen LogP contribution in [0.4, 0.5) is 0 Å². The summed E-state index contributed by atoms with van der Waals surface area (Å²) in [5.74, 6) is 0. The van der Waals surface area contributed by atoms with E-state index in [1.54, 1.807) is 11.1 Å². The summed E-state index contributed by atoms with van der Waals surface area (Å²) in [4.78, 5) is 0. The van der Waals surface area contributed by atoms with Gasteiger partial charge in [0.05, 0.1) is 0 Å². The molecular weight excluding hydrogens is 283 g/mol. The molecule has 92 valence electrons. The van der Waals surface area contributed by atoms with Gasteiger partial charge in [0.15, 0.2) is 0 Å². The van der Waals surface area contributed by atoms with Gasteiger partial charge in [-0.1, -0.05) is 0 Å². The second kappa shape index (κ2) is 4.50. The molecule has 2 rings (SSSR count). The van der Waals surface area contributed by atoms with Crippen LogP contribution in [0.2, 0.25) is 16.5 Å². The van der Waals surface area contributed by atoms with Crippen LogP contribution in [0, 0.1) is 0 Å². The van der Waals surface area contributed by atoms with Crippen LogP contribution in [-0.2, 0) is 20.3 Å². The summed E-state index contributed by atoms with van der Waals surface area (Å²) in [7, 11) is 0. The van der Waals surface area contributed by atoms with E-state index in [9.17, 15) is 0 Å². The van der Waals surface area contributed by atoms with Crippen LogP contribution in [0.3, 0.4) is 0 Å². The van der Waals surface area contributed by atoms with E-state index in [1.807, 2.05) is 0 Å². The van der Waals surface area contributed by atoms with Crippen molar-refractivity contribution in [1.82, 2.24) is 0 Å². The molecule has 0 N–H and O–H groups in total. The first-order valence-corrected chi connectivity index (χ1v) is 14.3. The third-order valence-corrected chi connectivity index (χ3v) is 15.8. The Morgan fingerprint density at radius 3 is 1.35 bits per heavy atom. The Bertz CT molecular complexity index is 416. The molecule has 2 aliphatic carbocycles. The van der Waals surface area contributed by atoms with Crippen molar-refractivity contribution in [1.29, 1.82) is 0 Å². The van der Waals surface area contributed by atoms with Crippen LogP contribution in [-0.4, -0.2) is 0 Å². The molecule has 0 saturated carbocycles. The second-order valence-corrected chi connectivity index (χ2v) is 18.2. The van der Waals surface area contributed by atoms with Gasteiger partial charge in [-0.05, 0) is 0 Å². The second-order valence-electron chi connectivity index (χ2n) is 6.23. The zero-order chi connectivity index (χ0) is 12.8. The fourth-order valence-corrected chi connectivity index (χ4v) is 13.8. The summed E-state index contributed by atoms with van der Waals surface area (Å²) < 4.78 is 6.81. The van der Waals surface area contributed by atoms with Gasteiger partial charge < -0.3 is 0 Å². The average Bonchev–Trinajstić information content (AvgIpc) is 2.75. The Balaban J connectivity index is 2.33. The fourth-order valence-electron chi connectivity index (χ4n) is 3.33. The van der Waals surface area contributed by atoms with Crippen molar-refractivity contribution in [2.24, 2.45) is 0 Å². The maximum atomic E-state index is 2.61. The maximum absolute atomic E-state index is 2.61. The van der Waals surface area contributed by atoms with Crippen LogP contribution in [0.1, 0.15) is 27.7 Å². The third kappa shape index (κ3) is 2.12. The predicted octanol–water partition coefficient (Wildman–Crippen LogP) is 5.63. The minimum absolute atomic E-state index is 0.791. The molecule has 0 bridgehead atoms. The van der Waals surface area contributed by atoms with E-state index < -0.39 is 20.3 Å². The van der Waals surface area contributed by atoms with Crippen molar-refractivity contribution in [3.8, 4) is 0 Å². The van der Waals surface area contributed by atoms with Crippen molar-refractivity contribution in [3.05, 3.63) is 46.6 Å². The molecule has 0 aromatic rings. The third-order valence-electron chi connectivity index (χ3n) is 4.86. The molecule has 0 saturated heterocycles. The molecule has 17 heavy (non-hydrogen) atoms. The summed E-state index contributed by atoms with van der Waals surface area (Å²) in [6, 6.07) is 0. The van der Waals surface area contributed by atoms with Gasteiger partial charge in [-0.15, -0.1) is 0 Å². The molecule has 0 aliphatic heterocycles. The van der Waals surface area contributed by atoms with E-state index in [-0.39, 0.29) is 0 Å². The van der Waals surface area contributed by atoms with Gasteiger partial charge in [-0.2, -0.15) is 0 Å². The summed E-state index contributed by atoms with van der Waals surface area (Å²) in [6.07, 6.45) is 9.64. The van der Waals surface area contributed by atoms with Gasteiger partial charge in [0, 0.05) is 0 Å². The number of allylic oxidation sites excluding steroid dienone is 8. The first kappa shape index (κ1) is 13.3. The Kier molecular flexibility index (Phi) is 3.52. The van der Waals surface area contributed by atoms with Gasteiger partial charge in [0.2, 0.25) is 0 Å². The van der Waals surface area contributed by atoms with Crippen LogP contribution < -0.4 is 0 Å². The molecule has 2 atom stereocenters. The molecule has 0 radical (unpaired) electrons. The van der Waals surface area contributed by atoms with Gasteiger partial charge in [-0.3, -0.25) is 0 Å². The van der Waals surface area contributed by atoms with E-state index in [4.69, 9.17) is 0 Å². The first-order valence-electron chi connectivity index (χ1n) is 6.57. The topological polar surface area (TPSA) is 0 Å². The molecule has 0 spiro atoms. The number of hydrogen-bond donors (Lipinski definition) is 0. The van der Waals surface area contributed by atoms with Gasteiger partial charge in [0.1, 0.15) is 0 Å². The van der Waals surface area contributed by atoms with Gasteiger partial charge >= 0.3 is 111 Å². The van der Waals surface area contributed by atoms with Crippen molar-refractivity contribution >= 4 is 0 Å². The Morgan fingerprint density at radius 1 is 0.765 bits per heavy atom. The fraction of sp³-hybridized carbons (Fsp3) is 0.500. The van der Waals surface area contributed by atoms with E-state index in [0.717, 1.165) is 7.25 Å². The van der Waals surface area contributed by atoms with Gasteiger partial charge in [-0.25, -0.2) is 0 Å². The molecule has 0 fully saturated rings. The molecule has 0 nitrogen and oxygen atoms in total. The summed E-state index contributed by atoms with van der Waals surface area (Å²) in [6.45, 7) is 9.19. The predicted molar refractivity (Wildman–Crippen MR) is 74.3 cm³/mol. The van der Waals surface area contributed by atoms with Crippen molar-refractivity contribution in [2.75, 3.05) is 0 Å².